The molecule has 0 unspecified atom stereocenters. The third-order valence-electron chi connectivity index (χ3n) is 3.50. The molecule has 1 saturated heterocycles. The third kappa shape index (κ3) is 4.65. The average Bonchev–Trinajstić information content (AvgIpc) is 3.06. The topological polar surface area (TPSA) is 79.4 Å². The number of nitrogens with one attached hydrogen (secondary N) is 2. The highest BCUT2D eigenvalue weighted by molar-refractivity contribution is 9.10. The van der Waals surface area contributed by atoms with Crippen LogP contribution in [0.5, 0.6) is 0 Å². The van der Waals surface area contributed by atoms with Crippen molar-refractivity contribution in [3.63, 3.8) is 0 Å². The van der Waals surface area contributed by atoms with Crippen molar-refractivity contribution in [1.29, 1.82) is 0 Å². The number of ether oxygens (including phenoxy) is 1. The van der Waals surface area contributed by atoms with Gasteiger partial charge in [0, 0.05) is 42.1 Å². The van der Waals surface area contributed by atoms with Crippen LogP contribution in [-0.4, -0.2) is 55.3 Å². The van der Waals surface area contributed by atoms with Crippen LogP contribution in [0.4, 0.5) is 11.6 Å². The number of nitrogens with zero attached hydrogens (tertiary/aromatic N) is 3. The van der Waals surface area contributed by atoms with Gasteiger partial charge in [0.2, 0.25) is 0 Å². The van der Waals surface area contributed by atoms with Crippen LogP contribution >= 0.6 is 27.3 Å². The molecule has 2 aromatic rings. The van der Waals surface area contributed by atoms with Crippen molar-refractivity contribution in [3.8, 4) is 0 Å². The van der Waals surface area contributed by atoms with Crippen molar-refractivity contribution in [2.24, 2.45) is 0 Å². The Morgan fingerprint density at radius 2 is 2.12 bits per heavy atom. The number of carbonyl (C=O) groups excluding carboxylic acids is 1. The smallest absolute Gasteiger partial charge is 0.261 e. The SMILES string of the molecule is O=C(NCCNc1cc(N2CCOCC2)ncn1)c1cc(Br)cs1. The first-order chi connectivity index (χ1) is 11.7. The maximum absolute atomic E-state index is 11.9. The Bertz CT molecular complexity index is 690. The van der Waals surface area contributed by atoms with E-state index < -0.39 is 0 Å². The van der Waals surface area contributed by atoms with E-state index in [2.05, 4.69) is 41.4 Å². The van der Waals surface area contributed by atoms with Crippen LogP contribution in [0.3, 0.4) is 0 Å². The maximum atomic E-state index is 11.9. The molecule has 0 aliphatic carbocycles. The van der Waals surface area contributed by atoms with Crippen molar-refractivity contribution in [3.05, 3.63) is 33.2 Å². The number of rotatable bonds is 6. The van der Waals surface area contributed by atoms with Gasteiger partial charge in [0.25, 0.3) is 5.91 Å². The molecular formula is C15H18BrN5O2S. The normalized spacial score (nSPS) is 14.5. The molecule has 9 heteroatoms. The summed E-state index contributed by atoms with van der Waals surface area (Å²) in [4.78, 5) is 23.3. The summed E-state index contributed by atoms with van der Waals surface area (Å²) < 4.78 is 6.27. The zero-order valence-corrected chi connectivity index (χ0v) is 15.4. The van der Waals surface area contributed by atoms with Crippen molar-refractivity contribution in [2.75, 3.05) is 49.6 Å². The van der Waals surface area contributed by atoms with E-state index >= 15 is 0 Å². The second-order valence-electron chi connectivity index (χ2n) is 5.17. The van der Waals surface area contributed by atoms with E-state index in [-0.39, 0.29) is 5.91 Å². The van der Waals surface area contributed by atoms with Crippen LogP contribution < -0.4 is 15.5 Å². The zero-order valence-electron chi connectivity index (χ0n) is 13.0. The van der Waals surface area contributed by atoms with Crippen molar-refractivity contribution in [2.45, 2.75) is 0 Å². The predicted octanol–water partition coefficient (Wildman–Crippen LogP) is 1.98. The molecule has 0 radical (unpaired) electrons. The Labute approximate surface area is 152 Å². The highest BCUT2D eigenvalue weighted by Gasteiger charge is 2.13. The Hall–Kier alpha value is -1.71. The van der Waals surface area contributed by atoms with Crippen molar-refractivity contribution < 1.29 is 9.53 Å². The van der Waals surface area contributed by atoms with Gasteiger partial charge in [-0.05, 0) is 22.0 Å². The molecule has 2 N–H and O–H groups in total. The summed E-state index contributed by atoms with van der Waals surface area (Å²) in [6.07, 6.45) is 1.55. The Kier molecular flexibility index (Phi) is 6.00. The van der Waals surface area contributed by atoms with Crippen LogP contribution in [0.1, 0.15) is 9.67 Å². The van der Waals surface area contributed by atoms with Gasteiger partial charge in [-0.15, -0.1) is 11.3 Å². The van der Waals surface area contributed by atoms with E-state index in [1.165, 1.54) is 11.3 Å². The second-order valence-corrected chi connectivity index (χ2v) is 7.00. The molecule has 0 spiro atoms. The van der Waals surface area contributed by atoms with Gasteiger partial charge >= 0.3 is 0 Å². The molecule has 2 aromatic heterocycles. The van der Waals surface area contributed by atoms with Gasteiger partial charge in [-0.1, -0.05) is 0 Å². The monoisotopic (exact) mass is 411 g/mol. The van der Waals surface area contributed by atoms with Crippen LogP contribution in [0, 0.1) is 0 Å². The summed E-state index contributed by atoms with van der Waals surface area (Å²) in [6, 6.07) is 3.73. The molecular weight excluding hydrogens is 394 g/mol. The van der Waals surface area contributed by atoms with E-state index in [0.717, 1.165) is 42.4 Å². The second kappa shape index (κ2) is 8.41. The number of hydrogen-bond donors (Lipinski definition) is 2. The number of hydrogen-bond acceptors (Lipinski definition) is 7. The van der Waals surface area contributed by atoms with E-state index in [1.54, 1.807) is 6.33 Å². The van der Waals surface area contributed by atoms with Crippen LogP contribution in [-0.2, 0) is 4.74 Å². The molecule has 0 bridgehead atoms. The number of anilines is 2. The van der Waals surface area contributed by atoms with Gasteiger partial charge in [-0.25, -0.2) is 9.97 Å². The van der Waals surface area contributed by atoms with Crippen molar-refractivity contribution in [1.82, 2.24) is 15.3 Å². The van der Waals surface area contributed by atoms with Gasteiger partial charge in [0.1, 0.15) is 18.0 Å². The fourth-order valence-corrected chi connectivity index (χ4v) is 3.64. The number of morpholine rings is 1. The lowest BCUT2D eigenvalue weighted by molar-refractivity contribution is 0.0959. The molecule has 0 atom stereocenters. The lowest BCUT2D eigenvalue weighted by atomic mass is 10.4. The van der Waals surface area contributed by atoms with E-state index in [9.17, 15) is 4.79 Å². The number of halogens is 1. The van der Waals surface area contributed by atoms with Gasteiger partial charge in [-0.2, -0.15) is 0 Å². The lowest BCUT2D eigenvalue weighted by Crippen LogP contribution is -2.36. The van der Waals surface area contributed by atoms with E-state index in [1.807, 2.05) is 17.5 Å². The van der Waals surface area contributed by atoms with Crippen LogP contribution in [0.25, 0.3) is 0 Å². The minimum Gasteiger partial charge on any atom is -0.378 e. The van der Waals surface area contributed by atoms with Gasteiger partial charge < -0.3 is 20.3 Å². The van der Waals surface area contributed by atoms with Gasteiger partial charge in [0.15, 0.2) is 0 Å². The number of thiophene rings is 1. The molecule has 0 aromatic carbocycles. The zero-order chi connectivity index (χ0) is 16.8. The van der Waals surface area contributed by atoms with Gasteiger partial charge in [-0.3, -0.25) is 4.79 Å². The third-order valence-corrected chi connectivity index (χ3v) is 5.19. The summed E-state index contributed by atoms with van der Waals surface area (Å²) in [5, 5.41) is 7.97. The molecule has 1 aliphatic heterocycles. The summed E-state index contributed by atoms with van der Waals surface area (Å²) in [6.45, 7) is 4.23. The molecule has 0 saturated carbocycles. The number of aromatic nitrogens is 2. The quantitative estimate of drug-likeness (QED) is 0.707. The largest absolute Gasteiger partial charge is 0.378 e. The molecule has 3 heterocycles. The first-order valence-corrected chi connectivity index (χ1v) is 9.30. The molecule has 3 rings (SSSR count). The minimum atomic E-state index is -0.0656. The fourth-order valence-electron chi connectivity index (χ4n) is 2.29. The first-order valence-electron chi connectivity index (χ1n) is 7.63. The van der Waals surface area contributed by atoms with Gasteiger partial charge in [0.05, 0.1) is 18.1 Å². The molecule has 1 aliphatic rings. The summed E-state index contributed by atoms with van der Waals surface area (Å²) in [7, 11) is 0. The lowest BCUT2D eigenvalue weighted by Gasteiger charge is -2.27. The molecule has 1 amide bonds. The standard InChI is InChI=1S/C15H18BrN5O2S/c16-11-7-12(24-9-11)15(22)18-2-1-17-13-8-14(20-10-19-13)21-3-5-23-6-4-21/h7-10H,1-6H2,(H,18,22)(H,17,19,20). The molecule has 7 nitrogen and oxygen atoms in total. The number of amides is 1. The fraction of sp³-hybridized carbons (Fsp3) is 0.400. The van der Waals surface area contributed by atoms with Crippen LogP contribution in [0.2, 0.25) is 0 Å². The highest BCUT2D eigenvalue weighted by Crippen LogP contribution is 2.19. The summed E-state index contributed by atoms with van der Waals surface area (Å²) in [5.41, 5.74) is 0. The van der Waals surface area contributed by atoms with E-state index in [4.69, 9.17) is 4.74 Å². The van der Waals surface area contributed by atoms with E-state index in [0.29, 0.717) is 18.0 Å². The Morgan fingerprint density at radius 1 is 1.29 bits per heavy atom. The average molecular weight is 412 g/mol. The first kappa shape index (κ1) is 17.1. The molecule has 24 heavy (non-hydrogen) atoms. The van der Waals surface area contributed by atoms with Crippen LogP contribution in [0.15, 0.2) is 28.3 Å². The minimum absolute atomic E-state index is 0.0656. The molecule has 128 valence electrons. The Morgan fingerprint density at radius 3 is 2.88 bits per heavy atom. The predicted molar refractivity (Wildman–Crippen MR) is 97.9 cm³/mol. The maximum Gasteiger partial charge on any atom is 0.261 e. The Balaban J connectivity index is 1.45. The highest BCUT2D eigenvalue weighted by atomic mass is 79.9. The van der Waals surface area contributed by atoms with Crippen molar-refractivity contribution >= 4 is 44.8 Å². The summed E-state index contributed by atoms with van der Waals surface area (Å²) >= 11 is 4.76. The summed E-state index contributed by atoms with van der Waals surface area (Å²) in [5.74, 6) is 1.58. The molecule has 1 fully saturated rings. The number of carbonyl (C=O) groups is 1.